The maximum Gasteiger partial charge on any atom is 0.341 e. The summed E-state index contributed by atoms with van der Waals surface area (Å²) in [6, 6.07) is 12.1. The molecule has 168 valence electrons. The molecule has 1 atom stereocenters. The number of amides is 1. The van der Waals surface area contributed by atoms with E-state index in [0.717, 1.165) is 16.0 Å². The quantitative estimate of drug-likeness (QED) is 0.657. The van der Waals surface area contributed by atoms with E-state index >= 15 is 0 Å². The molecule has 0 aliphatic heterocycles. The molecule has 32 heavy (non-hydrogen) atoms. The molecule has 1 aromatic heterocycles. The number of nitrogens with zero attached hydrogens (tertiary/aromatic N) is 1. The molecule has 2 aromatic rings. The molecule has 0 spiro atoms. The molecule has 7 nitrogen and oxygen atoms in total. The number of rotatable bonds is 6. The third-order valence-electron chi connectivity index (χ3n) is 5.55. The fourth-order valence-electron chi connectivity index (χ4n) is 3.95. The van der Waals surface area contributed by atoms with Gasteiger partial charge >= 0.3 is 11.9 Å². The first-order valence-electron chi connectivity index (χ1n) is 10.4. The molecule has 0 bridgehead atoms. The molecule has 0 saturated heterocycles. The van der Waals surface area contributed by atoms with Crippen LogP contribution in [0.15, 0.2) is 30.3 Å². The highest BCUT2D eigenvalue weighted by molar-refractivity contribution is 7.17. The molecular weight excluding hydrogens is 428 g/mol. The summed E-state index contributed by atoms with van der Waals surface area (Å²) in [6.45, 7) is 6.11. The second-order valence-corrected chi connectivity index (χ2v) is 9.33. The number of nitriles is 1. The Morgan fingerprint density at radius 1 is 1.25 bits per heavy atom. The number of hydrogen-bond acceptors (Lipinski definition) is 7. The number of carbonyl (C=O) groups excluding carboxylic acids is 3. The smallest absolute Gasteiger partial charge is 0.341 e. The van der Waals surface area contributed by atoms with Crippen molar-refractivity contribution in [2.75, 3.05) is 11.9 Å². The van der Waals surface area contributed by atoms with E-state index in [0.29, 0.717) is 29.8 Å². The minimum Gasteiger partial charge on any atom is -0.462 e. The number of benzene rings is 1. The minimum atomic E-state index is -1.41. The number of thiophene rings is 1. The van der Waals surface area contributed by atoms with Gasteiger partial charge in [0.25, 0.3) is 5.91 Å². The van der Waals surface area contributed by atoms with E-state index < -0.39 is 28.9 Å². The maximum absolute atomic E-state index is 12.8. The zero-order valence-corrected chi connectivity index (χ0v) is 19.4. The van der Waals surface area contributed by atoms with Crippen LogP contribution >= 0.6 is 11.3 Å². The van der Waals surface area contributed by atoms with Gasteiger partial charge in [0.1, 0.15) is 5.00 Å². The molecule has 1 aliphatic carbocycles. The third-order valence-corrected chi connectivity index (χ3v) is 6.69. The summed E-state index contributed by atoms with van der Waals surface area (Å²) in [5.74, 6) is -1.65. The normalized spacial score (nSPS) is 17.6. The molecule has 1 N–H and O–H groups in total. The average molecular weight is 455 g/mol. The number of carbonyl (C=O) groups is 3. The zero-order chi connectivity index (χ0) is 23.5. The van der Waals surface area contributed by atoms with Crippen LogP contribution in [0.5, 0.6) is 0 Å². The molecule has 0 saturated carbocycles. The number of hydrogen-bond donors (Lipinski definition) is 1. The van der Waals surface area contributed by atoms with Crippen LogP contribution in [0.25, 0.3) is 0 Å². The van der Waals surface area contributed by atoms with Gasteiger partial charge in [-0.05, 0) is 44.7 Å². The van der Waals surface area contributed by atoms with Crippen molar-refractivity contribution in [2.24, 2.45) is 0 Å². The maximum atomic E-state index is 12.8. The standard InChI is InChI=1S/C24H26N2O5S/c1-5-30-21(28)19-17-11-12-24(14-25,16-9-7-6-8-10-16)13-18(17)32-20(19)26-22(29)23(3,4)31-15(2)27/h6-10H,5,11-13H2,1-4H3,(H,26,29). The molecule has 1 aliphatic rings. The van der Waals surface area contributed by atoms with Gasteiger partial charge in [0.2, 0.25) is 0 Å². The SMILES string of the molecule is CCOC(=O)c1c(NC(=O)C(C)(C)OC(C)=O)sc2c1CCC(C#N)(c1ccccc1)C2. The Balaban J connectivity index is 2.01. The highest BCUT2D eigenvalue weighted by Gasteiger charge is 2.41. The Bertz CT molecular complexity index is 1080. The number of anilines is 1. The second kappa shape index (κ2) is 9.13. The Hall–Kier alpha value is -3.18. The number of esters is 2. The third kappa shape index (κ3) is 4.53. The summed E-state index contributed by atoms with van der Waals surface area (Å²) < 4.78 is 10.4. The fraction of sp³-hybridized carbons (Fsp3) is 0.417. The van der Waals surface area contributed by atoms with Crippen molar-refractivity contribution in [1.82, 2.24) is 0 Å². The van der Waals surface area contributed by atoms with E-state index in [1.54, 1.807) is 6.92 Å². The van der Waals surface area contributed by atoms with Gasteiger partial charge in [-0.3, -0.25) is 9.59 Å². The monoisotopic (exact) mass is 454 g/mol. The first-order valence-corrected chi connectivity index (χ1v) is 11.2. The van der Waals surface area contributed by atoms with Gasteiger partial charge in [0.05, 0.1) is 23.7 Å². The summed E-state index contributed by atoms with van der Waals surface area (Å²) in [5.41, 5.74) is -0.0680. The topological polar surface area (TPSA) is 105 Å². The number of fused-ring (bicyclic) bond motifs is 1. The molecule has 1 aromatic carbocycles. The van der Waals surface area contributed by atoms with Crippen molar-refractivity contribution in [3.05, 3.63) is 51.9 Å². The molecule has 0 radical (unpaired) electrons. The zero-order valence-electron chi connectivity index (χ0n) is 18.6. The van der Waals surface area contributed by atoms with E-state index in [2.05, 4.69) is 11.4 Å². The van der Waals surface area contributed by atoms with Gasteiger partial charge in [0, 0.05) is 18.2 Å². The first-order chi connectivity index (χ1) is 15.1. The molecule has 8 heteroatoms. The van der Waals surface area contributed by atoms with Crippen LogP contribution in [0, 0.1) is 11.3 Å². The van der Waals surface area contributed by atoms with Gasteiger partial charge in [-0.15, -0.1) is 11.3 Å². The van der Waals surface area contributed by atoms with Crippen molar-refractivity contribution in [1.29, 1.82) is 5.26 Å². The van der Waals surface area contributed by atoms with Crippen LogP contribution < -0.4 is 5.32 Å². The van der Waals surface area contributed by atoms with E-state index in [1.165, 1.54) is 32.1 Å². The van der Waals surface area contributed by atoms with Crippen LogP contribution in [0.3, 0.4) is 0 Å². The lowest BCUT2D eigenvalue weighted by molar-refractivity contribution is -0.160. The van der Waals surface area contributed by atoms with Crippen molar-refractivity contribution >= 4 is 34.2 Å². The Morgan fingerprint density at radius 2 is 1.94 bits per heavy atom. The average Bonchev–Trinajstić information content (AvgIpc) is 3.10. The van der Waals surface area contributed by atoms with Gasteiger partial charge in [-0.2, -0.15) is 5.26 Å². The number of nitrogens with one attached hydrogen (secondary N) is 1. The first kappa shape index (κ1) is 23.5. The molecule has 1 heterocycles. The summed E-state index contributed by atoms with van der Waals surface area (Å²) in [6.07, 6.45) is 1.49. The van der Waals surface area contributed by atoms with Crippen molar-refractivity contribution < 1.29 is 23.9 Å². The Morgan fingerprint density at radius 3 is 2.53 bits per heavy atom. The Labute approximate surface area is 191 Å². The van der Waals surface area contributed by atoms with Crippen molar-refractivity contribution in [2.45, 2.75) is 58.0 Å². The molecule has 0 fully saturated rings. The summed E-state index contributed by atoms with van der Waals surface area (Å²) in [7, 11) is 0. The van der Waals surface area contributed by atoms with Crippen LogP contribution in [-0.2, 0) is 37.3 Å². The molecule has 3 rings (SSSR count). The number of ether oxygens (including phenoxy) is 2. The summed E-state index contributed by atoms with van der Waals surface area (Å²) in [5, 5.41) is 13.2. The minimum absolute atomic E-state index is 0.196. The lowest BCUT2D eigenvalue weighted by atomic mass is 9.70. The van der Waals surface area contributed by atoms with Crippen LogP contribution in [-0.4, -0.2) is 30.1 Å². The lowest BCUT2D eigenvalue weighted by Gasteiger charge is -2.31. The van der Waals surface area contributed by atoms with Crippen LogP contribution in [0.2, 0.25) is 0 Å². The van der Waals surface area contributed by atoms with E-state index in [9.17, 15) is 19.6 Å². The van der Waals surface area contributed by atoms with Crippen molar-refractivity contribution in [3.8, 4) is 6.07 Å². The largest absolute Gasteiger partial charge is 0.462 e. The summed E-state index contributed by atoms with van der Waals surface area (Å²) >= 11 is 1.27. The molecular formula is C24H26N2O5S. The van der Waals surface area contributed by atoms with Crippen LogP contribution in [0.4, 0.5) is 5.00 Å². The lowest BCUT2D eigenvalue weighted by Crippen LogP contribution is -2.41. The van der Waals surface area contributed by atoms with Gasteiger partial charge < -0.3 is 14.8 Å². The second-order valence-electron chi connectivity index (χ2n) is 8.22. The molecule has 1 unspecified atom stereocenters. The van der Waals surface area contributed by atoms with Gasteiger partial charge in [-0.1, -0.05) is 30.3 Å². The van der Waals surface area contributed by atoms with Crippen molar-refractivity contribution in [3.63, 3.8) is 0 Å². The van der Waals surface area contributed by atoms with Gasteiger partial charge in [0.15, 0.2) is 5.60 Å². The summed E-state index contributed by atoms with van der Waals surface area (Å²) in [4.78, 5) is 37.9. The molecule has 1 amide bonds. The van der Waals surface area contributed by atoms with E-state index in [4.69, 9.17) is 9.47 Å². The predicted molar refractivity (Wildman–Crippen MR) is 121 cm³/mol. The fourth-order valence-corrected chi connectivity index (χ4v) is 5.30. The van der Waals surface area contributed by atoms with Crippen LogP contribution in [0.1, 0.15) is 60.5 Å². The Kier molecular flexibility index (Phi) is 6.70. The highest BCUT2D eigenvalue weighted by atomic mass is 32.1. The van der Waals surface area contributed by atoms with Gasteiger partial charge in [-0.25, -0.2) is 4.79 Å². The van der Waals surface area contributed by atoms with E-state index in [-0.39, 0.29) is 6.61 Å². The predicted octanol–water partition coefficient (Wildman–Crippen LogP) is 4.16. The highest BCUT2D eigenvalue weighted by Crippen LogP contribution is 2.45. The van der Waals surface area contributed by atoms with E-state index in [1.807, 2.05) is 30.3 Å².